The molecule has 21 heavy (non-hydrogen) atoms. The van der Waals surface area contributed by atoms with E-state index in [2.05, 4.69) is 10.6 Å². The minimum atomic E-state index is -0.450. The van der Waals surface area contributed by atoms with Crippen LogP contribution in [0.15, 0.2) is 24.3 Å². The summed E-state index contributed by atoms with van der Waals surface area (Å²) in [5, 5.41) is 6.32. The summed E-state index contributed by atoms with van der Waals surface area (Å²) >= 11 is 0. The Bertz CT molecular complexity index is 473. The Hall–Kier alpha value is -1.91. The van der Waals surface area contributed by atoms with Crippen molar-refractivity contribution in [3.05, 3.63) is 24.3 Å². The van der Waals surface area contributed by atoms with Crippen LogP contribution in [0, 0.1) is 0 Å². The van der Waals surface area contributed by atoms with Crippen LogP contribution < -0.4 is 15.4 Å². The first-order valence-electron chi connectivity index (χ1n) is 7.26. The Labute approximate surface area is 126 Å². The highest BCUT2D eigenvalue weighted by Gasteiger charge is 2.31. The smallest absolute Gasteiger partial charge is 0.407 e. The van der Waals surface area contributed by atoms with Gasteiger partial charge in [0.25, 0.3) is 0 Å². The van der Waals surface area contributed by atoms with Gasteiger partial charge in [0.05, 0.1) is 7.11 Å². The second kappa shape index (κ2) is 6.24. The van der Waals surface area contributed by atoms with Crippen LogP contribution in [0.5, 0.6) is 5.75 Å². The van der Waals surface area contributed by atoms with Gasteiger partial charge in [-0.3, -0.25) is 0 Å². The zero-order chi connectivity index (χ0) is 15.5. The molecule has 1 fully saturated rings. The van der Waals surface area contributed by atoms with Crippen molar-refractivity contribution in [2.24, 2.45) is 0 Å². The Morgan fingerprint density at radius 3 is 2.29 bits per heavy atom. The van der Waals surface area contributed by atoms with E-state index in [1.807, 2.05) is 45.0 Å². The summed E-state index contributed by atoms with van der Waals surface area (Å²) in [6.07, 6.45) is 1.48. The summed E-state index contributed by atoms with van der Waals surface area (Å²) in [4.78, 5) is 11.6. The second-order valence-electron chi connectivity index (χ2n) is 6.38. The highest BCUT2D eigenvalue weighted by atomic mass is 16.6. The second-order valence-corrected chi connectivity index (χ2v) is 6.38. The lowest BCUT2D eigenvalue weighted by molar-refractivity contribution is 0.0475. The van der Waals surface area contributed by atoms with Crippen LogP contribution in [-0.2, 0) is 4.74 Å². The van der Waals surface area contributed by atoms with Crippen LogP contribution in [0.2, 0.25) is 0 Å². The molecule has 0 bridgehead atoms. The maximum Gasteiger partial charge on any atom is 0.407 e. The Morgan fingerprint density at radius 2 is 1.76 bits per heavy atom. The molecular formula is C16H24N2O3. The molecule has 1 aromatic carbocycles. The van der Waals surface area contributed by atoms with Gasteiger partial charge in [-0.2, -0.15) is 0 Å². The van der Waals surface area contributed by atoms with Gasteiger partial charge in [0.1, 0.15) is 11.4 Å². The number of methoxy groups -OCH3 is 1. The molecule has 0 heterocycles. The zero-order valence-corrected chi connectivity index (χ0v) is 13.1. The minimum absolute atomic E-state index is 0.190. The van der Waals surface area contributed by atoms with Gasteiger partial charge in [-0.15, -0.1) is 0 Å². The first-order valence-corrected chi connectivity index (χ1v) is 7.26. The van der Waals surface area contributed by atoms with E-state index in [4.69, 9.17) is 9.47 Å². The van der Waals surface area contributed by atoms with Gasteiger partial charge in [0.2, 0.25) is 0 Å². The third-order valence-corrected chi connectivity index (χ3v) is 3.32. The fourth-order valence-electron chi connectivity index (χ4n) is 2.25. The molecule has 0 atom stereocenters. The monoisotopic (exact) mass is 292 g/mol. The standard InChI is InChI=1S/C16H24N2O3/c1-16(2,3)21-15(19)18-13-9-12(10-13)17-11-5-7-14(20-4)8-6-11/h5-8,12-13,17H,9-10H2,1-4H3,(H,18,19). The summed E-state index contributed by atoms with van der Waals surface area (Å²) in [7, 11) is 1.65. The van der Waals surface area contributed by atoms with Crippen molar-refractivity contribution in [1.82, 2.24) is 5.32 Å². The van der Waals surface area contributed by atoms with Crippen LogP contribution in [0.4, 0.5) is 10.5 Å². The lowest BCUT2D eigenvalue weighted by atomic mass is 9.86. The SMILES string of the molecule is COc1ccc(NC2CC(NC(=O)OC(C)(C)C)C2)cc1. The van der Waals surface area contributed by atoms with Crippen LogP contribution >= 0.6 is 0 Å². The number of carbonyl (C=O) groups excluding carboxylic acids is 1. The topological polar surface area (TPSA) is 59.6 Å². The minimum Gasteiger partial charge on any atom is -0.497 e. The van der Waals surface area contributed by atoms with Gasteiger partial charge in [0, 0.05) is 17.8 Å². The predicted molar refractivity (Wildman–Crippen MR) is 82.8 cm³/mol. The summed E-state index contributed by atoms with van der Waals surface area (Å²) < 4.78 is 10.4. The van der Waals surface area contributed by atoms with Crippen molar-refractivity contribution in [2.75, 3.05) is 12.4 Å². The van der Waals surface area contributed by atoms with Crippen LogP contribution in [0.3, 0.4) is 0 Å². The fraction of sp³-hybridized carbons (Fsp3) is 0.562. The molecule has 0 spiro atoms. The molecule has 2 rings (SSSR count). The highest BCUT2D eigenvalue weighted by Crippen LogP contribution is 2.25. The van der Waals surface area contributed by atoms with E-state index in [-0.39, 0.29) is 12.1 Å². The number of amides is 1. The largest absolute Gasteiger partial charge is 0.497 e. The highest BCUT2D eigenvalue weighted by molar-refractivity contribution is 5.68. The summed E-state index contributed by atoms with van der Waals surface area (Å²) in [6, 6.07) is 8.42. The number of ether oxygens (including phenoxy) is 2. The number of benzene rings is 1. The average Bonchev–Trinajstić information content (AvgIpc) is 2.35. The van der Waals surface area contributed by atoms with Gasteiger partial charge in [0.15, 0.2) is 0 Å². The van der Waals surface area contributed by atoms with Crippen molar-refractivity contribution in [1.29, 1.82) is 0 Å². The molecule has 1 aromatic rings. The van der Waals surface area contributed by atoms with Gasteiger partial charge >= 0.3 is 6.09 Å². The molecule has 0 radical (unpaired) electrons. The predicted octanol–water partition coefficient (Wildman–Crippen LogP) is 3.16. The molecule has 1 aliphatic carbocycles. The maximum absolute atomic E-state index is 11.6. The molecule has 5 nitrogen and oxygen atoms in total. The van der Waals surface area contributed by atoms with Crippen molar-refractivity contribution in [3.8, 4) is 5.75 Å². The van der Waals surface area contributed by atoms with Crippen molar-refractivity contribution in [3.63, 3.8) is 0 Å². The molecule has 0 aromatic heterocycles. The molecule has 1 amide bonds. The number of anilines is 1. The zero-order valence-electron chi connectivity index (χ0n) is 13.1. The molecule has 1 aliphatic rings. The summed E-state index contributed by atoms with van der Waals surface area (Å²) in [5.74, 6) is 0.846. The molecule has 1 saturated carbocycles. The number of hydrogen-bond donors (Lipinski definition) is 2. The van der Waals surface area contributed by atoms with Crippen LogP contribution in [0.25, 0.3) is 0 Å². The van der Waals surface area contributed by atoms with E-state index in [0.717, 1.165) is 24.3 Å². The number of nitrogens with one attached hydrogen (secondary N) is 2. The van der Waals surface area contributed by atoms with E-state index in [0.29, 0.717) is 6.04 Å². The molecular weight excluding hydrogens is 268 g/mol. The van der Waals surface area contributed by atoms with Crippen LogP contribution in [-0.4, -0.2) is 30.9 Å². The molecule has 2 N–H and O–H groups in total. The van der Waals surface area contributed by atoms with E-state index >= 15 is 0 Å². The average molecular weight is 292 g/mol. The van der Waals surface area contributed by atoms with Crippen molar-refractivity contribution < 1.29 is 14.3 Å². The van der Waals surface area contributed by atoms with Gasteiger partial charge < -0.3 is 20.1 Å². The lowest BCUT2D eigenvalue weighted by Gasteiger charge is -2.37. The van der Waals surface area contributed by atoms with E-state index in [1.165, 1.54) is 0 Å². The van der Waals surface area contributed by atoms with E-state index in [1.54, 1.807) is 7.11 Å². The van der Waals surface area contributed by atoms with E-state index < -0.39 is 5.60 Å². The number of rotatable bonds is 4. The quantitative estimate of drug-likeness (QED) is 0.895. The number of carbonyl (C=O) groups is 1. The molecule has 0 saturated heterocycles. The van der Waals surface area contributed by atoms with Crippen LogP contribution in [0.1, 0.15) is 33.6 Å². The molecule has 5 heteroatoms. The van der Waals surface area contributed by atoms with Crippen molar-refractivity contribution >= 4 is 11.8 Å². The van der Waals surface area contributed by atoms with Gasteiger partial charge in [-0.25, -0.2) is 4.79 Å². The normalized spacial score (nSPS) is 21.1. The number of alkyl carbamates (subject to hydrolysis) is 1. The molecule has 116 valence electrons. The number of hydrogen-bond acceptors (Lipinski definition) is 4. The van der Waals surface area contributed by atoms with E-state index in [9.17, 15) is 4.79 Å². The van der Waals surface area contributed by atoms with Gasteiger partial charge in [-0.05, 0) is 57.9 Å². The summed E-state index contributed by atoms with van der Waals surface area (Å²) in [6.45, 7) is 5.59. The first-order chi connectivity index (χ1) is 9.85. The molecule has 0 aliphatic heterocycles. The third kappa shape index (κ3) is 4.85. The Morgan fingerprint density at radius 1 is 1.14 bits per heavy atom. The Balaban J connectivity index is 1.70. The summed E-state index contributed by atoms with van der Waals surface area (Å²) in [5.41, 5.74) is 0.616. The van der Waals surface area contributed by atoms with Gasteiger partial charge in [-0.1, -0.05) is 0 Å². The molecule has 0 unspecified atom stereocenters. The first kappa shape index (κ1) is 15.5. The fourth-order valence-corrected chi connectivity index (χ4v) is 2.25. The van der Waals surface area contributed by atoms with Crippen molar-refractivity contribution in [2.45, 2.75) is 51.3 Å². The lowest BCUT2D eigenvalue weighted by Crippen LogP contribution is -2.50. The Kier molecular flexibility index (Phi) is 4.60. The third-order valence-electron chi connectivity index (χ3n) is 3.32. The maximum atomic E-state index is 11.6.